The molecule has 2 heterocycles. The third-order valence-corrected chi connectivity index (χ3v) is 5.56. The topological polar surface area (TPSA) is 66.1 Å². The summed E-state index contributed by atoms with van der Waals surface area (Å²) in [5.74, 6) is 0.319. The van der Waals surface area contributed by atoms with Gasteiger partial charge in [-0.2, -0.15) is 4.31 Å². The van der Waals surface area contributed by atoms with Crippen LogP contribution in [0.25, 0.3) is 0 Å². The van der Waals surface area contributed by atoms with Crippen molar-refractivity contribution in [3.05, 3.63) is 47.8 Å². The monoisotopic (exact) mass is 309 g/mol. The Kier molecular flexibility index (Phi) is 3.54. The van der Waals surface area contributed by atoms with E-state index in [9.17, 15) is 12.8 Å². The average molecular weight is 309 g/mol. The number of halogens is 1. The van der Waals surface area contributed by atoms with Crippen molar-refractivity contribution in [2.24, 2.45) is 0 Å². The molecule has 1 aromatic heterocycles. The van der Waals surface area contributed by atoms with Crippen molar-refractivity contribution in [3.63, 3.8) is 0 Å². The normalized spacial score (nSPS) is 20.0. The number of hydrogen-bond acceptors (Lipinski definition) is 3. The van der Waals surface area contributed by atoms with Gasteiger partial charge in [0.2, 0.25) is 10.0 Å². The lowest BCUT2D eigenvalue weighted by molar-refractivity contribution is 0.470. The van der Waals surface area contributed by atoms with Gasteiger partial charge in [-0.25, -0.2) is 17.8 Å². The minimum Gasteiger partial charge on any atom is -0.346 e. The second-order valence-electron chi connectivity index (χ2n) is 5.26. The van der Waals surface area contributed by atoms with E-state index in [1.54, 1.807) is 6.20 Å². The van der Waals surface area contributed by atoms with Gasteiger partial charge in [0.15, 0.2) is 0 Å². The summed E-state index contributed by atoms with van der Waals surface area (Å²) in [5, 5.41) is 0. The van der Waals surface area contributed by atoms with Crippen LogP contribution in [0.2, 0.25) is 0 Å². The molecule has 5 nitrogen and oxygen atoms in total. The predicted octanol–water partition coefficient (Wildman–Crippen LogP) is 2.04. The quantitative estimate of drug-likeness (QED) is 0.943. The second-order valence-corrected chi connectivity index (χ2v) is 7.20. The second kappa shape index (κ2) is 5.23. The van der Waals surface area contributed by atoms with Crippen LogP contribution in [0.1, 0.15) is 23.9 Å². The molecule has 21 heavy (non-hydrogen) atoms. The summed E-state index contributed by atoms with van der Waals surface area (Å²) in [4.78, 5) is 7.41. The number of benzene rings is 1. The first-order valence-corrected chi connectivity index (χ1v) is 8.18. The van der Waals surface area contributed by atoms with E-state index in [-0.39, 0.29) is 10.8 Å². The summed E-state index contributed by atoms with van der Waals surface area (Å²) in [6, 6.07) is 5.12. The van der Waals surface area contributed by atoms with Crippen LogP contribution in [0.5, 0.6) is 0 Å². The van der Waals surface area contributed by atoms with Crippen molar-refractivity contribution < 1.29 is 12.8 Å². The summed E-state index contributed by atoms with van der Waals surface area (Å²) in [6.07, 6.45) is 2.45. The molecule has 3 rings (SSSR count). The Labute approximate surface area is 122 Å². The molecule has 0 unspecified atom stereocenters. The molecule has 1 aliphatic rings. The third kappa shape index (κ3) is 2.71. The molecular formula is C14H16FN3O2S. The van der Waals surface area contributed by atoms with Crippen molar-refractivity contribution in [1.29, 1.82) is 0 Å². The fraction of sp³-hybridized carbons (Fsp3) is 0.357. The summed E-state index contributed by atoms with van der Waals surface area (Å²) in [7, 11) is -3.64. The standard InChI is InChI=1S/C14H16FN3O2S/c1-10-8-16-14(17-10)11-5-6-18(9-11)21(19,20)13-4-2-3-12(15)7-13/h2-4,7-8,11H,5-6,9H2,1H3,(H,16,17)/t11-/m1/s1. The van der Waals surface area contributed by atoms with Crippen LogP contribution >= 0.6 is 0 Å². The van der Waals surface area contributed by atoms with E-state index in [4.69, 9.17) is 0 Å². The Morgan fingerprint density at radius 1 is 1.43 bits per heavy atom. The van der Waals surface area contributed by atoms with Gasteiger partial charge in [0, 0.05) is 30.9 Å². The van der Waals surface area contributed by atoms with Gasteiger partial charge in [-0.15, -0.1) is 0 Å². The van der Waals surface area contributed by atoms with Crippen LogP contribution in [0.4, 0.5) is 4.39 Å². The van der Waals surface area contributed by atoms with Crippen LogP contribution in [0.15, 0.2) is 35.4 Å². The molecule has 1 saturated heterocycles. The molecule has 0 aliphatic carbocycles. The SMILES string of the molecule is Cc1cnc([C@@H]2CCN(S(=O)(=O)c3cccc(F)c3)C2)[nH]1. The Hall–Kier alpha value is -1.73. The average Bonchev–Trinajstić information content (AvgIpc) is 3.07. The number of rotatable bonds is 3. The highest BCUT2D eigenvalue weighted by molar-refractivity contribution is 7.89. The summed E-state index contributed by atoms with van der Waals surface area (Å²) < 4.78 is 39.6. The number of H-pyrrole nitrogens is 1. The van der Waals surface area contributed by atoms with E-state index in [1.165, 1.54) is 22.5 Å². The highest BCUT2D eigenvalue weighted by Crippen LogP contribution is 2.29. The molecule has 1 atom stereocenters. The molecule has 1 aliphatic heterocycles. The minimum absolute atomic E-state index is 0.00113. The molecule has 0 spiro atoms. The van der Waals surface area contributed by atoms with Gasteiger partial charge in [-0.05, 0) is 31.5 Å². The molecule has 2 aromatic rings. The van der Waals surface area contributed by atoms with Crippen molar-refractivity contribution in [2.75, 3.05) is 13.1 Å². The van der Waals surface area contributed by atoms with Gasteiger partial charge in [-0.1, -0.05) is 6.07 Å². The molecule has 0 amide bonds. The Balaban J connectivity index is 1.82. The van der Waals surface area contributed by atoms with Crippen molar-refractivity contribution in [2.45, 2.75) is 24.2 Å². The van der Waals surface area contributed by atoms with Crippen molar-refractivity contribution in [3.8, 4) is 0 Å². The van der Waals surface area contributed by atoms with Crippen molar-refractivity contribution in [1.82, 2.24) is 14.3 Å². The maximum Gasteiger partial charge on any atom is 0.243 e. The zero-order chi connectivity index (χ0) is 15.0. The van der Waals surface area contributed by atoms with Gasteiger partial charge < -0.3 is 4.98 Å². The van der Waals surface area contributed by atoms with Gasteiger partial charge in [0.1, 0.15) is 11.6 Å². The Bertz CT molecular complexity index is 757. The van der Waals surface area contributed by atoms with Crippen LogP contribution in [0.3, 0.4) is 0 Å². The number of sulfonamides is 1. The number of hydrogen-bond donors (Lipinski definition) is 1. The lowest BCUT2D eigenvalue weighted by Crippen LogP contribution is -2.28. The van der Waals surface area contributed by atoms with Crippen LogP contribution < -0.4 is 0 Å². The van der Waals surface area contributed by atoms with Gasteiger partial charge in [-0.3, -0.25) is 0 Å². The highest BCUT2D eigenvalue weighted by Gasteiger charge is 2.34. The first kappa shape index (κ1) is 14.2. The van der Waals surface area contributed by atoms with E-state index in [2.05, 4.69) is 9.97 Å². The third-order valence-electron chi connectivity index (χ3n) is 3.69. The Morgan fingerprint density at radius 2 is 2.24 bits per heavy atom. The highest BCUT2D eigenvalue weighted by atomic mass is 32.2. The number of aromatic nitrogens is 2. The molecule has 0 saturated carbocycles. The molecule has 1 N–H and O–H groups in total. The molecule has 112 valence electrons. The molecule has 0 radical (unpaired) electrons. The maximum absolute atomic E-state index is 13.2. The fourth-order valence-corrected chi connectivity index (χ4v) is 4.12. The summed E-state index contributed by atoms with van der Waals surface area (Å²) in [6.45, 7) is 2.70. The number of nitrogens with one attached hydrogen (secondary N) is 1. The first-order valence-electron chi connectivity index (χ1n) is 6.74. The smallest absolute Gasteiger partial charge is 0.243 e. The predicted molar refractivity (Wildman–Crippen MR) is 75.8 cm³/mol. The molecule has 7 heteroatoms. The van der Waals surface area contributed by atoms with E-state index in [1.807, 2.05) is 6.92 Å². The zero-order valence-corrected chi connectivity index (χ0v) is 12.4. The maximum atomic E-state index is 13.2. The molecule has 1 aromatic carbocycles. The fourth-order valence-electron chi connectivity index (χ4n) is 2.59. The molecule has 1 fully saturated rings. The molecule has 0 bridgehead atoms. The van der Waals surface area contributed by atoms with E-state index in [0.717, 1.165) is 17.6 Å². The lowest BCUT2D eigenvalue weighted by atomic mass is 10.1. The first-order chi connectivity index (χ1) is 9.96. The van der Waals surface area contributed by atoms with Gasteiger partial charge in [0.25, 0.3) is 0 Å². The largest absolute Gasteiger partial charge is 0.346 e. The number of imidazole rings is 1. The van der Waals surface area contributed by atoms with Crippen molar-refractivity contribution >= 4 is 10.0 Å². The van der Waals surface area contributed by atoms with E-state index >= 15 is 0 Å². The summed E-state index contributed by atoms with van der Waals surface area (Å²) >= 11 is 0. The zero-order valence-electron chi connectivity index (χ0n) is 11.6. The van der Waals surface area contributed by atoms with Crippen LogP contribution in [-0.2, 0) is 10.0 Å². The Morgan fingerprint density at radius 3 is 2.90 bits per heavy atom. The van der Waals surface area contributed by atoms with Gasteiger partial charge in [0.05, 0.1) is 4.90 Å². The summed E-state index contributed by atoms with van der Waals surface area (Å²) in [5.41, 5.74) is 0.955. The van der Waals surface area contributed by atoms with Crippen LogP contribution in [-0.4, -0.2) is 35.8 Å². The van der Waals surface area contributed by atoms with Gasteiger partial charge >= 0.3 is 0 Å². The van der Waals surface area contributed by atoms with E-state index < -0.39 is 15.8 Å². The van der Waals surface area contributed by atoms with Crippen LogP contribution in [0, 0.1) is 12.7 Å². The minimum atomic E-state index is -3.64. The van der Waals surface area contributed by atoms with E-state index in [0.29, 0.717) is 19.5 Å². The lowest BCUT2D eigenvalue weighted by Gasteiger charge is -2.16. The number of aromatic amines is 1. The number of aryl methyl sites for hydroxylation is 1. The number of nitrogens with zero attached hydrogens (tertiary/aromatic N) is 2. The molecular weight excluding hydrogens is 293 g/mol.